The highest BCUT2D eigenvalue weighted by atomic mass is 15.8. The Hall–Kier alpha value is -1.17. The average Bonchev–Trinajstić information content (AvgIpc) is 2.11. The van der Waals surface area contributed by atoms with Crippen LogP contribution in [-0.2, 0) is 0 Å². The first-order valence-corrected chi connectivity index (χ1v) is 3.93. The molecule has 5 heteroatoms. The van der Waals surface area contributed by atoms with E-state index in [1.165, 1.54) is 0 Å². The van der Waals surface area contributed by atoms with Crippen LogP contribution in [0.3, 0.4) is 0 Å². The number of pyridine rings is 1. The summed E-state index contributed by atoms with van der Waals surface area (Å²) in [5, 5.41) is 2.00. The summed E-state index contributed by atoms with van der Waals surface area (Å²) in [6.07, 6.45) is 2.53. The molecule has 2 atom stereocenters. The minimum Gasteiger partial charge on any atom is -0.269 e. The number of nitrogens with one attached hydrogen (secondary N) is 3. The van der Waals surface area contributed by atoms with Crippen molar-refractivity contribution in [2.24, 2.45) is 0 Å². The molecule has 2 saturated heterocycles. The lowest BCUT2D eigenvalue weighted by Gasteiger charge is -2.56. The van der Waals surface area contributed by atoms with Gasteiger partial charge in [0, 0.05) is 6.20 Å². The molecule has 12 heavy (non-hydrogen) atoms. The number of hydrogen-bond acceptors (Lipinski definition) is 5. The zero-order valence-corrected chi connectivity index (χ0v) is 6.36. The Labute approximate surface area is 69.7 Å². The molecule has 1 aromatic rings. The van der Waals surface area contributed by atoms with Gasteiger partial charge in [-0.15, -0.1) is 0 Å². The van der Waals surface area contributed by atoms with Crippen molar-refractivity contribution < 1.29 is 0 Å². The van der Waals surface area contributed by atoms with Gasteiger partial charge in [0.25, 0.3) is 0 Å². The quantitative estimate of drug-likeness (QED) is 0.504. The van der Waals surface area contributed by atoms with Gasteiger partial charge in [0.15, 0.2) is 0 Å². The van der Waals surface area contributed by atoms with Crippen LogP contribution in [0.2, 0.25) is 0 Å². The molecule has 2 fully saturated rings. The Balaban J connectivity index is 1.82. The molecule has 62 valence electrons. The van der Waals surface area contributed by atoms with E-state index < -0.39 is 0 Å². The summed E-state index contributed by atoms with van der Waals surface area (Å²) in [5.74, 6) is 0.952. The van der Waals surface area contributed by atoms with Crippen LogP contribution >= 0.6 is 0 Å². The van der Waals surface area contributed by atoms with Crippen molar-refractivity contribution in [3.63, 3.8) is 0 Å². The van der Waals surface area contributed by atoms with E-state index in [1.807, 2.05) is 23.2 Å². The van der Waals surface area contributed by atoms with Gasteiger partial charge in [0.2, 0.25) is 0 Å². The number of rotatable bonds is 1. The normalized spacial score (nSPS) is 31.8. The van der Waals surface area contributed by atoms with Crippen molar-refractivity contribution >= 4 is 5.82 Å². The third kappa shape index (κ3) is 0.699. The van der Waals surface area contributed by atoms with Crippen molar-refractivity contribution in [1.82, 2.24) is 21.3 Å². The molecule has 1 aromatic heterocycles. The van der Waals surface area contributed by atoms with Crippen LogP contribution in [0.25, 0.3) is 0 Å². The van der Waals surface area contributed by atoms with E-state index in [9.17, 15) is 0 Å². The van der Waals surface area contributed by atoms with Crippen molar-refractivity contribution in [3.05, 3.63) is 24.4 Å². The van der Waals surface area contributed by atoms with E-state index in [0.29, 0.717) is 12.3 Å². The van der Waals surface area contributed by atoms with Gasteiger partial charge in [0.05, 0.1) is 0 Å². The number of hydrogen-bond donors (Lipinski definition) is 3. The second kappa shape index (κ2) is 2.16. The molecule has 3 rings (SSSR count). The van der Waals surface area contributed by atoms with Gasteiger partial charge < -0.3 is 0 Å². The highest BCUT2D eigenvalue weighted by Gasteiger charge is 2.46. The Morgan fingerprint density at radius 3 is 2.83 bits per heavy atom. The van der Waals surface area contributed by atoms with Gasteiger partial charge >= 0.3 is 0 Å². The van der Waals surface area contributed by atoms with Crippen LogP contribution in [-0.4, -0.2) is 17.3 Å². The summed E-state index contributed by atoms with van der Waals surface area (Å²) < 4.78 is 0. The molecular weight excluding hydrogens is 154 g/mol. The van der Waals surface area contributed by atoms with Gasteiger partial charge in [-0.1, -0.05) is 6.07 Å². The standard InChI is InChI=1S/C7H9N5/c1-2-4-8-5(3-1)12-7-6(11-12)9-10-7/h1-4,6-7,9-11H. The summed E-state index contributed by atoms with van der Waals surface area (Å²) in [7, 11) is 0. The minimum atomic E-state index is 0.361. The first kappa shape index (κ1) is 6.36. The summed E-state index contributed by atoms with van der Waals surface area (Å²) >= 11 is 0. The fraction of sp³-hybridized carbons (Fsp3) is 0.286. The zero-order valence-electron chi connectivity index (χ0n) is 6.36. The molecule has 0 bridgehead atoms. The summed E-state index contributed by atoms with van der Waals surface area (Å²) in [6, 6.07) is 5.86. The van der Waals surface area contributed by atoms with E-state index in [2.05, 4.69) is 21.3 Å². The molecule has 0 aromatic carbocycles. The monoisotopic (exact) mass is 163 g/mol. The molecule has 0 radical (unpaired) electrons. The number of anilines is 1. The first-order chi connectivity index (χ1) is 5.95. The third-order valence-electron chi connectivity index (χ3n) is 2.15. The molecule has 2 aliphatic heterocycles. The topological polar surface area (TPSA) is 52.2 Å². The van der Waals surface area contributed by atoms with Crippen LogP contribution in [0.15, 0.2) is 24.4 Å². The van der Waals surface area contributed by atoms with E-state index in [0.717, 1.165) is 5.82 Å². The van der Waals surface area contributed by atoms with Gasteiger partial charge in [0.1, 0.15) is 18.1 Å². The molecule has 2 aliphatic rings. The number of nitrogens with zero attached hydrogens (tertiary/aromatic N) is 2. The first-order valence-electron chi connectivity index (χ1n) is 3.93. The molecule has 5 nitrogen and oxygen atoms in total. The van der Waals surface area contributed by atoms with Crippen molar-refractivity contribution in [1.29, 1.82) is 0 Å². The highest BCUT2D eigenvalue weighted by Crippen LogP contribution is 2.21. The van der Waals surface area contributed by atoms with Crippen LogP contribution < -0.4 is 21.3 Å². The van der Waals surface area contributed by atoms with E-state index in [-0.39, 0.29) is 0 Å². The number of fused-ring (bicyclic) bond motifs is 1. The Bertz CT molecular complexity index is 287. The fourth-order valence-corrected chi connectivity index (χ4v) is 1.41. The van der Waals surface area contributed by atoms with Crippen molar-refractivity contribution in [2.75, 3.05) is 5.01 Å². The second-order valence-corrected chi connectivity index (χ2v) is 2.90. The Kier molecular flexibility index (Phi) is 1.15. The lowest BCUT2D eigenvalue weighted by atomic mass is 10.2. The van der Waals surface area contributed by atoms with Gasteiger partial charge in [-0.25, -0.2) is 21.3 Å². The highest BCUT2D eigenvalue weighted by molar-refractivity contribution is 5.42. The minimum absolute atomic E-state index is 0.361. The molecular formula is C7H9N5. The van der Waals surface area contributed by atoms with Gasteiger partial charge in [-0.2, -0.15) is 0 Å². The lowest BCUT2D eigenvalue weighted by Crippen LogP contribution is -2.91. The van der Waals surface area contributed by atoms with E-state index in [4.69, 9.17) is 0 Å². The van der Waals surface area contributed by atoms with Gasteiger partial charge in [-0.3, -0.25) is 5.01 Å². The summed E-state index contributed by atoms with van der Waals surface area (Å²) in [6.45, 7) is 0. The summed E-state index contributed by atoms with van der Waals surface area (Å²) in [4.78, 5) is 4.22. The maximum Gasteiger partial charge on any atom is 0.144 e. The van der Waals surface area contributed by atoms with Crippen molar-refractivity contribution in [2.45, 2.75) is 12.3 Å². The van der Waals surface area contributed by atoms with Crippen LogP contribution in [0.4, 0.5) is 5.82 Å². The maximum atomic E-state index is 4.22. The number of hydrazine groups is 2. The zero-order chi connectivity index (χ0) is 7.97. The number of aromatic nitrogens is 1. The molecule has 0 aliphatic carbocycles. The maximum absolute atomic E-state index is 4.22. The van der Waals surface area contributed by atoms with Crippen molar-refractivity contribution in [3.8, 4) is 0 Å². The largest absolute Gasteiger partial charge is 0.269 e. The molecule has 0 amide bonds. The second-order valence-electron chi connectivity index (χ2n) is 2.90. The molecule has 0 spiro atoms. The smallest absolute Gasteiger partial charge is 0.144 e. The fourth-order valence-electron chi connectivity index (χ4n) is 1.41. The van der Waals surface area contributed by atoms with Crippen LogP contribution in [0, 0.1) is 0 Å². The van der Waals surface area contributed by atoms with E-state index in [1.54, 1.807) is 6.20 Å². The third-order valence-corrected chi connectivity index (χ3v) is 2.15. The Morgan fingerprint density at radius 2 is 2.33 bits per heavy atom. The molecule has 3 heterocycles. The average molecular weight is 163 g/mol. The SMILES string of the molecule is c1ccc(N2NC3NNC32)nc1. The molecule has 0 saturated carbocycles. The molecule has 3 N–H and O–H groups in total. The van der Waals surface area contributed by atoms with Crippen LogP contribution in [0.5, 0.6) is 0 Å². The lowest BCUT2D eigenvalue weighted by molar-refractivity contribution is 0.0579. The van der Waals surface area contributed by atoms with Gasteiger partial charge in [-0.05, 0) is 12.1 Å². The summed E-state index contributed by atoms with van der Waals surface area (Å²) in [5.41, 5.74) is 9.27. The predicted molar refractivity (Wildman–Crippen MR) is 43.7 cm³/mol. The molecule has 2 unspecified atom stereocenters. The Morgan fingerprint density at radius 1 is 1.33 bits per heavy atom. The van der Waals surface area contributed by atoms with E-state index >= 15 is 0 Å². The van der Waals surface area contributed by atoms with Crippen LogP contribution in [0.1, 0.15) is 0 Å². The predicted octanol–water partition coefficient (Wildman–Crippen LogP) is -0.834.